The van der Waals surface area contributed by atoms with Crippen LogP contribution in [0, 0.1) is 5.92 Å². The summed E-state index contributed by atoms with van der Waals surface area (Å²) in [5, 5.41) is 0.617. The molecule has 1 heterocycles. The lowest BCUT2D eigenvalue weighted by molar-refractivity contribution is -0.135. The van der Waals surface area contributed by atoms with E-state index in [1.54, 1.807) is 18.2 Å². The van der Waals surface area contributed by atoms with Gasteiger partial charge in [0.05, 0.1) is 0 Å². The monoisotopic (exact) mass is 267 g/mol. The molecule has 1 unspecified atom stereocenters. The van der Waals surface area contributed by atoms with Gasteiger partial charge in [-0.25, -0.2) is 0 Å². The lowest BCUT2D eigenvalue weighted by atomic mass is 10.0. The fourth-order valence-corrected chi connectivity index (χ4v) is 2.39. The second-order valence-electron chi connectivity index (χ2n) is 4.83. The Morgan fingerprint density at radius 2 is 2.39 bits per heavy atom. The molecule has 1 saturated heterocycles. The quantitative estimate of drug-likeness (QED) is 0.843. The van der Waals surface area contributed by atoms with Crippen LogP contribution in [0.15, 0.2) is 24.3 Å². The first-order valence-corrected chi connectivity index (χ1v) is 6.69. The summed E-state index contributed by atoms with van der Waals surface area (Å²) in [5.41, 5.74) is 0. The van der Waals surface area contributed by atoms with E-state index >= 15 is 0 Å². The van der Waals surface area contributed by atoms with E-state index in [9.17, 15) is 4.79 Å². The van der Waals surface area contributed by atoms with Gasteiger partial charge in [0.2, 0.25) is 0 Å². The number of likely N-dealkylation sites (tertiary alicyclic amines) is 1. The maximum atomic E-state index is 12.0. The predicted molar refractivity (Wildman–Crippen MR) is 71.9 cm³/mol. The first-order valence-electron chi connectivity index (χ1n) is 6.31. The fraction of sp³-hybridized carbons (Fsp3) is 0.500. The van der Waals surface area contributed by atoms with Crippen LogP contribution in [0.1, 0.15) is 19.8 Å². The number of rotatable bonds is 3. The SMILES string of the molecule is CC1CCCN(C(=O)COc2cccc(Cl)c2)C1. The van der Waals surface area contributed by atoms with Crippen LogP contribution < -0.4 is 4.74 Å². The second-order valence-corrected chi connectivity index (χ2v) is 5.27. The number of halogens is 1. The molecule has 0 radical (unpaired) electrons. The number of hydrogen-bond donors (Lipinski definition) is 0. The molecule has 1 amide bonds. The molecule has 0 bridgehead atoms. The van der Waals surface area contributed by atoms with E-state index in [2.05, 4.69) is 6.92 Å². The van der Waals surface area contributed by atoms with Crippen molar-refractivity contribution in [2.45, 2.75) is 19.8 Å². The van der Waals surface area contributed by atoms with Gasteiger partial charge in [-0.3, -0.25) is 4.79 Å². The molecule has 2 rings (SSSR count). The van der Waals surface area contributed by atoms with Gasteiger partial charge in [0.25, 0.3) is 5.91 Å². The smallest absolute Gasteiger partial charge is 0.260 e. The maximum Gasteiger partial charge on any atom is 0.260 e. The van der Waals surface area contributed by atoms with E-state index in [0.29, 0.717) is 16.7 Å². The number of benzene rings is 1. The van der Waals surface area contributed by atoms with Gasteiger partial charge in [-0.1, -0.05) is 24.6 Å². The number of piperidine rings is 1. The molecule has 98 valence electrons. The predicted octanol–water partition coefficient (Wildman–Crippen LogP) is 2.98. The van der Waals surface area contributed by atoms with Crippen molar-refractivity contribution in [3.8, 4) is 5.75 Å². The Morgan fingerprint density at radius 1 is 1.56 bits per heavy atom. The highest BCUT2D eigenvalue weighted by Gasteiger charge is 2.20. The number of carbonyl (C=O) groups is 1. The number of ether oxygens (including phenoxy) is 1. The van der Waals surface area contributed by atoms with Crippen molar-refractivity contribution in [2.75, 3.05) is 19.7 Å². The first-order chi connectivity index (χ1) is 8.65. The molecule has 1 fully saturated rings. The average molecular weight is 268 g/mol. The van der Waals surface area contributed by atoms with E-state index in [1.807, 2.05) is 11.0 Å². The number of nitrogens with zero attached hydrogens (tertiary/aromatic N) is 1. The zero-order valence-corrected chi connectivity index (χ0v) is 11.3. The Kier molecular flexibility index (Phi) is 4.48. The molecule has 0 aliphatic carbocycles. The molecule has 1 aliphatic rings. The summed E-state index contributed by atoms with van der Waals surface area (Å²) in [6.45, 7) is 3.96. The van der Waals surface area contributed by atoms with E-state index < -0.39 is 0 Å². The summed E-state index contributed by atoms with van der Waals surface area (Å²) in [7, 11) is 0. The Bertz CT molecular complexity index is 422. The van der Waals surface area contributed by atoms with Crippen LogP contribution >= 0.6 is 11.6 Å². The molecular weight excluding hydrogens is 250 g/mol. The Labute approximate surface area is 113 Å². The maximum absolute atomic E-state index is 12.0. The number of amides is 1. The van der Waals surface area contributed by atoms with Crippen molar-refractivity contribution in [1.82, 2.24) is 4.90 Å². The summed E-state index contributed by atoms with van der Waals surface area (Å²) in [4.78, 5) is 13.9. The Balaban J connectivity index is 1.84. The van der Waals surface area contributed by atoms with Crippen LogP contribution in [-0.2, 0) is 4.79 Å². The van der Waals surface area contributed by atoms with Crippen LogP contribution in [-0.4, -0.2) is 30.5 Å². The molecule has 0 spiro atoms. The molecule has 0 N–H and O–H groups in total. The minimum Gasteiger partial charge on any atom is -0.484 e. The van der Waals surface area contributed by atoms with E-state index in [4.69, 9.17) is 16.3 Å². The number of hydrogen-bond acceptors (Lipinski definition) is 2. The van der Waals surface area contributed by atoms with Crippen molar-refractivity contribution in [3.63, 3.8) is 0 Å². The third-order valence-corrected chi connectivity index (χ3v) is 3.40. The van der Waals surface area contributed by atoms with Crippen molar-refractivity contribution in [2.24, 2.45) is 5.92 Å². The topological polar surface area (TPSA) is 29.5 Å². The van der Waals surface area contributed by atoms with Gasteiger partial charge in [-0.2, -0.15) is 0 Å². The molecular formula is C14H18ClNO2. The molecule has 1 aliphatic heterocycles. The van der Waals surface area contributed by atoms with Crippen LogP contribution in [0.2, 0.25) is 5.02 Å². The third-order valence-electron chi connectivity index (χ3n) is 3.17. The molecule has 1 aromatic rings. The second kappa shape index (κ2) is 6.10. The molecule has 1 aromatic carbocycles. The highest BCUT2D eigenvalue weighted by Crippen LogP contribution is 2.18. The summed E-state index contributed by atoms with van der Waals surface area (Å²) < 4.78 is 5.46. The van der Waals surface area contributed by atoms with Gasteiger partial charge in [0.15, 0.2) is 6.61 Å². The average Bonchev–Trinajstić information content (AvgIpc) is 2.36. The van der Waals surface area contributed by atoms with E-state index in [0.717, 1.165) is 19.5 Å². The zero-order valence-electron chi connectivity index (χ0n) is 10.6. The molecule has 0 saturated carbocycles. The van der Waals surface area contributed by atoms with Gasteiger partial charge in [-0.15, -0.1) is 0 Å². The lowest BCUT2D eigenvalue weighted by Crippen LogP contribution is -2.41. The van der Waals surface area contributed by atoms with Crippen molar-refractivity contribution >= 4 is 17.5 Å². The molecule has 4 heteroatoms. The summed E-state index contributed by atoms with van der Waals surface area (Å²) in [5.74, 6) is 1.29. The van der Waals surface area contributed by atoms with Crippen LogP contribution in [0.4, 0.5) is 0 Å². The largest absolute Gasteiger partial charge is 0.484 e. The van der Waals surface area contributed by atoms with Crippen molar-refractivity contribution < 1.29 is 9.53 Å². The van der Waals surface area contributed by atoms with Crippen molar-refractivity contribution in [1.29, 1.82) is 0 Å². The van der Waals surface area contributed by atoms with Crippen molar-refractivity contribution in [3.05, 3.63) is 29.3 Å². The number of carbonyl (C=O) groups excluding carboxylic acids is 1. The summed E-state index contributed by atoms with van der Waals surface area (Å²) in [6, 6.07) is 7.11. The molecule has 18 heavy (non-hydrogen) atoms. The minimum atomic E-state index is 0.0570. The van der Waals surface area contributed by atoms with Gasteiger partial charge in [0.1, 0.15) is 5.75 Å². The summed E-state index contributed by atoms with van der Waals surface area (Å²) in [6.07, 6.45) is 2.29. The molecule has 0 aromatic heterocycles. The standard InChI is InChI=1S/C14H18ClNO2/c1-11-4-3-7-16(9-11)14(17)10-18-13-6-2-5-12(15)8-13/h2,5-6,8,11H,3-4,7,9-10H2,1H3. The van der Waals surface area contributed by atoms with Gasteiger partial charge >= 0.3 is 0 Å². The Morgan fingerprint density at radius 3 is 3.11 bits per heavy atom. The fourth-order valence-electron chi connectivity index (χ4n) is 2.21. The molecule has 3 nitrogen and oxygen atoms in total. The van der Waals surface area contributed by atoms with Gasteiger partial charge < -0.3 is 9.64 Å². The van der Waals surface area contributed by atoms with E-state index in [1.165, 1.54) is 6.42 Å². The third kappa shape index (κ3) is 3.64. The van der Waals surface area contributed by atoms with Crippen LogP contribution in [0.3, 0.4) is 0 Å². The zero-order chi connectivity index (χ0) is 13.0. The lowest BCUT2D eigenvalue weighted by Gasteiger charge is -2.30. The molecule has 1 atom stereocenters. The normalized spacial score (nSPS) is 19.7. The van der Waals surface area contributed by atoms with Gasteiger partial charge in [-0.05, 0) is 37.0 Å². The van der Waals surface area contributed by atoms with Crippen LogP contribution in [0.5, 0.6) is 5.75 Å². The Hall–Kier alpha value is -1.22. The highest BCUT2D eigenvalue weighted by atomic mass is 35.5. The highest BCUT2D eigenvalue weighted by molar-refractivity contribution is 6.30. The van der Waals surface area contributed by atoms with Crippen LogP contribution in [0.25, 0.3) is 0 Å². The van der Waals surface area contributed by atoms with Gasteiger partial charge in [0, 0.05) is 18.1 Å². The minimum absolute atomic E-state index is 0.0570. The first kappa shape index (κ1) is 13.2. The van der Waals surface area contributed by atoms with E-state index in [-0.39, 0.29) is 12.5 Å². The summed E-state index contributed by atoms with van der Waals surface area (Å²) >= 11 is 5.85.